The first-order valence-electron chi connectivity index (χ1n) is 7.13. The van der Waals surface area contributed by atoms with Crippen molar-refractivity contribution in [3.05, 3.63) is 23.0 Å². The SMILES string of the molecule is Cc1nc2sccn2c1C(=O)NC[C@@H]1CN(S(C)(=O)=O)CCO1. The van der Waals surface area contributed by atoms with Crippen molar-refractivity contribution in [1.29, 1.82) is 0 Å². The Morgan fingerprint density at radius 2 is 2.35 bits per heavy atom. The maximum atomic E-state index is 12.4. The van der Waals surface area contributed by atoms with E-state index in [4.69, 9.17) is 4.74 Å². The number of hydrogen-bond donors (Lipinski definition) is 1. The maximum Gasteiger partial charge on any atom is 0.270 e. The third-order valence-corrected chi connectivity index (χ3v) is 5.74. The number of rotatable bonds is 4. The van der Waals surface area contributed by atoms with E-state index in [0.29, 0.717) is 24.5 Å². The summed E-state index contributed by atoms with van der Waals surface area (Å²) in [6, 6.07) is 0. The fourth-order valence-electron chi connectivity index (χ4n) is 2.57. The van der Waals surface area contributed by atoms with Gasteiger partial charge in [-0.25, -0.2) is 13.4 Å². The van der Waals surface area contributed by atoms with Gasteiger partial charge in [-0.1, -0.05) is 0 Å². The highest BCUT2D eigenvalue weighted by Crippen LogP contribution is 2.16. The predicted molar refractivity (Wildman–Crippen MR) is 86.3 cm³/mol. The molecule has 1 amide bonds. The van der Waals surface area contributed by atoms with Gasteiger partial charge in [0.15, 0.2) is 4.96 Å². The Hall–Kier alpha value is -1.49. The number of amides is 1. The molecule has 0 radical (unpaired) electrons. The molecule has 23 heavy (non-hydrogen) atoms. The van der Waals surface area contributed by atoms with Gasteiger partial charge in [-0.3, -0.25) is 9.20 Å². The standard InChI is InChI=1S/C13H18N4O4S2/c1-9-11(17-4-6-22-13(17)15-9)12(18)14-7-10-8-16(3-5-21-10)23(2,19)20/h4,6,10H,3,5,7-8H2,1-2H3,(H,14,18)/t10-/m1/s1. The molecule has 0 bridgehead atoms. The van der Waals surface area contributed by atoms with E-state index in [1.54, 1.807) is 17.5 Å². The zero-order valence-electron chi connectivity index (χ0n) is 12.9. The van der Waals surface area contributed by atoms with Crippen molar-refractivity contribution in [3.63, 3.8) is 0 Å². The number of ether oxygens (including phenoxy) is 1. The molecule has 1 fully saturated rings. The second-order valence-electron chi connectivity index (χ2n) is 5.43. The summed E-state index contributed by atoms with van der Waals surface area (Å²) in [4.78, 5) is 17.5. The highest BCUT2D eigenvalue weighted by molar-refractivity contribution is 7.88. The number of nitrogens with zero attached hydrogens (tertiary/aromatic N) is 3. The third kappa shape index (κ3) is 3.39. The van der Waals surface area contributed by atoms with Gasteiger partial charge in [0.25, 0.3) is 5.91 Å². The highest BCUT2D eigenvalue weighted by Gasteiger charge is 2.27. The van der Waals surface area contributed by atoms with Crippen LogP contribution in [0.3, 0.4) is 0 Å². The molecular weight excluding hydrogens is 340 g/mol. The Morgan fingerprint density at radius 3 is 3.09 bits per heavy atom. The Morgan fingerprint density at radius 1 is 1.57 bits per heavy atom. The van der Waals surface area contributed by atoms with Crippen LogP contribution in [-0.2, 0) is 14.8 Å². The van der Waals surface area contributed by atoms with Crippen molar-refractivity contribution < 1.29 is 17.9 Å². The second kappa shape index (κ2) is 6.19. The molecule has 1 aliphatic heterocycles. The zero-order chi connectivity index (χ0) is 16.6. The van der Waals surface area contributed by atoms with Crippen LogP contribution in [-0.4, -0.2) is 66.6 Å². The summed E-state index contributed by atoms with van der Waals surface area (Å²) in [7, 11) is -3.24. The van der Waals surface area contributed by atoms with Crippen molar-refractivity contribution in [1.82, 2.24) is 19.0 Å². The number of carbonyl (C=O) groups excluding carboxylic acids is 1. The average Bonchev–Trinajstić information content (AvgIpc) is 3.04. The van der Waals surface area contributed by atoms with Crippen molar-refractivity contribution in [2.24, 2.45) is 0 Å². The number of thiazole rings is 1. The summed E-state index contributed by atoms with van der Waals surface area (Å²) in [6.07, 6.45) is 2.63. The molecule has 2 aromatic heterocycles. The fourth-order valence-corrected chi connectivity index (χ4v) is 4.18. The van der Waals surface area contributed by atoms with Crippen LogP contribution in [0.2, 0.25) is 0 Å². The van der Waals surface area contributed by atoms with Crippen LogP contribution < -0.4 is 5.32 Å². The van der Waals surface area contributed by atoms with Crippen LogP contribution >= 0.6 is 11.3 Å². The first kappa shape index (κ1) is 16.4. The van der Waals surface area contributed by atoms with Gasteiger partial charge in [0.1, 0.15) is 5.69 Å². The molecule has 8 nitrogen and oxygen atoms in total. The molecule has 0 aromatic carbocycles. The van der Waals surface area contributed by atoms with Gasteiger partial charge < -0.3 is 10.1 Å². The Balaban J connectivity index is 1.65. The highest BCUT2D eigenvalue weighted by atomic mass is 32.2. The molecule has 10 heteroatoms. The normalized spacial score (nSPS) is 20.0. The molecule has 3 heterocycles. The smallest absolute Gasteiger partial charge is 0.270 e. The lowest BCUT2D eigenvalue weighted by Crippen LogP contribution is -2.49. The predicted octanol–water partition coefficient (Wildman–Crippen LogP) is 0.0944. The molecule has 1 aliphatic rings. The number of fused-ring (bicyclic) bond motifs is 1. The van der Waals surface area contributed by atoms with Crippen molar-refractivity contribution >= 4 is 32.2 Å². The van der Waals surface area contributed by atoms with Gasteiger partial charge in [0.05, 0.1) is 24.7 Å². The van der Waals surface area contributed by atoms with Gasteiger partial charge >= 0.3 is 0 Å². The van der Waals surface area contributed by atoms with E-state index in [1.165, 1.54) is 21.9 Å². The minimum atomic E-state index is -3.24. The van der Waals surface area contributed by atoms with Gasteiger partial charge in [0.2, 0.25) is 10.0 Å². The molecule has 2 aromatic rings. The summed E-state index contributed by atoms with van der Waals surface area (Å²) in [6.45, 7) is 2.96. The minimum absolute atomic E-state index is 0.242. The molecule has 0 aliphatic carbocycles. The molecule has 0 unspecified atom stereocenters. The molecule has 3 rings (SSSR count). The summed E-state index contributed by atoms with van der Waals surface area (Å²) >= 11 is 1.46. The van der Waals surface area contributed by atoms with Gasteiger partial charge in [-0.05, 0) is 6.92 Å². The first-order valence-corrected chi connectivity index (χ1v) is 9.86. The first-order chi connectivity index (χ1) is 10.9. The lowest BCUT2D eigenvalue weighted by molar-refractivity contribution is 0.000403. The number of sulfonamides is 1. The van der Waals surface area contributed by atoms with Crippen LogP contribution in [0.1, 0.15) is 16.2 Å². The van der Waals surface area contributed by atoms with E-state index >= 15 is 0 Å². The second-order valence-corrected chi connectivity index (χ2v) is 8.28. The zero-order valence-corrected chi connectivity index (χ0v) is 14.5. The van der Waals surface area contributed by atoms with Gasteiger partial charge in [-0.2, -0.15) is 4.31 Å². The largest absolute Gasteiger partial charge is 0.374 e. The monoisotopic (exact) mass is 358 g/mol. The van der Waals surface area contributed by atoms with Crippen LogP contribution in [0.4, 0.5) is 0 Å². The molecule has 0 spiro atoms. The van der Waals surface area contributed by atoms with Crippen LogP contribution in [0.15, 0.2) is 11.6 Å². The summed E-state index contributed by atoms with van der Waals surface area (Å²) in [5.41, 5.74) is 1.16. The van der Waals surface area contributed by atoms with Crippen molar-refractivity contribution in [2.45, 2.75) is 13.0 Å². The summed E-state index contributed by atoms with van der Waals surface area (Å²) < 4.78 is 31.8. The quantitative estimate of drug-likeness (QED) is 0.836. The van der Waals surface area contributed by atoms with E-state index in [9.17, 15) is 13.2 Å². The number of aryl methyl sites for hydroxylation is 1. The van der Waals surface area contributed by atoms with Crippen molar-refractivity contribution in [3.8, 4) is 0 Å². The number of carbonyl (C=O) groups is 1. The number of morpholine rings is 1. The van der Waals surface area contributed by atoms with Crippen LogP contribution in [0.5, 0.6) is 0 Å². The minimum Gasteiger partial charge on any atom is -0.374 e. The summed E-state index contributed by atoms with van der Waals surface area (Å²) in [5, 5.41) is 4.68. The fraction of sp³-hybridized carbons (Fsp3) is 0.538. The molecule has 0 saturated carbocycles. The lowest BCUT2D eigenvalue weighted by atomic mass is 10.3. The molecule has 1 saturated heterocycles. The Labute approximate surface area is 138 Å². The number of nitrogens with one attached hydrogen (secondary N) is 1. The van der Waals surface area contributed by atoms with E-state index in [0.717, 1.165) is 4.96 Å². The van der Waals surface area contributed by atoms with Crippen molar-refractivity contribution in [2.75, 3.05) is 32.5 Å². The third-order valence-electron chi connectivity index (χ3n) is 3.71. The Bertz CT molecular complexity index is 826. The summed E-state index contributed by atoms with van der Waals surface area (Å²) in [5.74, 6) is -0.242. The Kier molecular flexibility index (Phi) is 4.41. The number of hydrogen-bond acceptors (Lipinski definition) is 6. The van der Waals surface area contributed by atoms with E-state index in [1.807, 2.05) is 5.38 Å². The molecule has 126 valence electrons. The molecular formula is C13H18N4O4S2. The number of aromatic nitrogens is 2. The van der Waals surface area contributed by atoms with Crippen LogP contribution in [0, 0.1) is 6.92 Å². The van der Waals surface area contributed by atoms with E-state index in [2.05, 4.69) is 10.3 Å². The average molecular weight is 358 g/mol. The van der Waals surface area contributed by atoms with Gasteiger partial charge in [-0.15, -0.1) is 11.3 Å². The van der Waals surface area contributed by atoms with E-state index < -0.39 is 10.0 Å². The molecule has 1 atom stereocenters. The maximum absolute atomic E-state index is 12.4. The molecule has 1 N–H and O–H groups in total. The topological polar surface area (TPSA) is 93.0 Å². The number of imidazole rings is 1. The van der Waals surface area contributed by atoms with E-state index in [-0.39, 0.29) is 25.1 Å². The van der Waals surface area contributed by atoms with Crippen LogP contribution in [0.25, 0.3) is 4.96 Å². The van der Waals surface area contributed by atoms with Gasteiger partial charge in [0, 0.05) is 31.2 Å². The lowest BCUT2D eigenvalue weighted by Gasteiger charge is -2.31.